The van der Waals surface area contributed by atoms with E-state index in [0.717, 1.165) is 0 Å². The van der Waals surface area contributed by atoms with E-state index >= 15 is 0 Å². The molecule has 0 amide bonds. The summed E-state index contributed by atoms with van der Waals surface area (Å²) in [5.74, 6) is -0.341. The van der Waals surface area contributed by atoms with Gasteiger partial charge >= 0.3 is 0 Å². The van der Waals surface area contributed by atoms with Crippen LogP contribution in [0, 0.1) is 17.1 Å². The van der Waals surface area contributed by atoms with Crippen LogP contribution in [-0.4, -0.2) is 5.11 Å². The van der Waals surface area contributed by atoms with Crippen LogP contribution in [0.3, 0.4) is 0 Å². The van der Waals surface area contributed by atoms with Gasteiger partial charge in [0.05, 0.1) is 11.6 Å². The van der Waals surface area contributed by atoms with Gasteiger partial charge in [-0.1, -0.05) is 24.3 Å². The Morgan fingerprint density at radius 2 is 1.76 bits per heavy atom. The molecule has 1 N–H and O–H groups in total. The summed E-state index contributed by atoms with van der Waals surface area (Å²) in [5.41, 5.74) is 1.71. The van der Waals surface area contributed by atoms with Gasteiger partial charge in [-0.05, 0) is 35.4 Å². The molecule has 2 aromatic rings. The molecule has 0 aliphatic rings. The molecule has 0 radical (unpaired) electrons. The summed E-state index contributed by atoms with van der Waals surface area (Å²) < 4.78 is 12.7. The Balaban J connectivity index is 2.33. The number of nitrogens with zero attached hydrogens (tertiary/aromatic N) is 1. The van der Waals surface area contributed by atoms with Crippen molar-refractivity contribution in [1.82, 2.24) is 0 Å². The van der Waals surface area contributed by atoms with Gasteiger partial charge in [-0.25, -0.2) is 4.39 Å². The Morgan fingerprint density at radius 1 is 1.06 bits per heavy atom. The van der Waals surface area contributed by atoms with Crippen molar-refractivity contribution in [2.24, 2.45) is 0 Å². The van der Waals surface area contributed by atoms with E-state index < -0.39 is 6.10 Å². The smallest absolute Gasteiger partial charge is 0.123 e. The molecule has 1 unspecified atom stereocenters. The van der Waals surface area contributed by atoms with E-state index in [9.17, 15) is 9.50 Å². The van der Waals surface area contributed by atoms with Gasteiger partial charge in [-0.2, -0.15) is 5.26 Å². The average Bonchev–Trinajstić information content (AvgIpc) is 2.39. The topological polar surface area (TPSA) is 44.0 Å². The van der Waals surface area contributed by atoms with Crippen molar-refractivity contribution in [2.45, 2.75) is 6.10 Å². The van der Waals surface area contributed by atoms with Crippen LogP contribution < -0.4 is 0 Å². The van der Waals surface area contributed by atoms with Gasteiger partial charge in [0.1, 0.15) is 11.9 Å². The number of aliphatic hydroxyl groups excluding tert-OH is 1. The maximum Gasteiger partial charge on any atom is 0.123 e. The highest BCUT2D eigenvalue weighted by atomic mass is 19.1. The summed E-state index contributed by atoms with van der Waals surface area (Å²) >= 11 is 0. The van der Waals surface area contributed by atoms with Crippen LogP contribution in [-0.2, 0) is 0 Å². The standard InChI is InChI=1S/C14H10FNO/c15-13-6-4-11(5-7-13)14(17)12-3-1-2-10(8-12)9-16/h1-8,14,17H. The second-order valence-electron chi connectivity index (χ2n) is 3.69. The first-order chi connectivity index (χ1) is 8.20. The highest BCUT2D eigenvalue weighted by Gasteiger charge is 2.10. The molecule has 0 aliphatic carbocycles. The van der Waals surface area contributed by atoms with Crippen LogP contribution >= 0.6 is 0 Å². The number of rotatable bonds is 2. The number of benzene rings is 2. The third-order valence-electron chi connectivity index (χ3n) is 2.52. The van der Waals surface area contributed by atoms with Gasteiger partial charge < -0.3 is 5.11 Å². The van der Waals surface area contributed by atoms with Crippen molar-refractivity contribution >= 4 is 0 Å². The number of halogens is 1. The van der Waals surface area contributed by atoms with E-state index in [-0.39, 0.29) is 5.82 Å². The van der Waals surface area contributed by atoms with Crippen molar-refractivity contribution in [1.29, 1.82) is 5.26 Å². The van der Waals surface area contributed by atoms with Crippen molar-refractivity contribution in [3.63, 3.8) is 0 Å². The SMILES string of the molecule is N#Cc1cccc(C(O)c2ccc(F)cc2)c1. The van der Waals surface area contributed by atoms with E-state index in [4.69, 9.17) is 5.26 Å². The van der Waals surface area contributed by atoms with Crippen molar-refractivity contribution in [3.8, 4) is 6.07 Å². The lowest BCUT2D eigenvalue weighted by molar-refractivity contribution is 0.220. The van der Waals surface area contributed by atoms with E-state index in [0.29, 0.717) is 16.7 Å². The van der Waals surface area contributed by atoms with Crippen molar-refractivity contribution in [2.75, 3.05) is 0 Å². The molecule has 0 spiro atoms. The molecule has 0 aromatic heterocycles. The molecule has 0 saturated heterocycles. The molecular weight excluding hydrogens is 217 g/mol. The van der Waals surface area contributed by atoms with E-state index in [1.807, 2.05) is 6.07 Å². The fraction of sp³-hybridized carbons (Fsp3) is 0.0714. The van der Waals surface area contributed by atoms with Crippen molar-refractivity contribution < 1.29 is 9.50 Å². The molecule has 2 nitrogen and oxygen atoms in total. The highest BCUT2D eigenvalue weighted by molar-refractivity contribution is 5.37. The van der Waals surface area contributed by atoms with E-state index in [1.54, 1.807) is 24.3 Å². The normalized spacial score (nSPS) is 11.8. The Bertz CT molecular complexity index is 557. The molecule has 0 heterocycles. The van der Waals surface area contributed by atoms with Gasteiger partial charge in [0.15, 0.2) is 0 Å². The molecule has 0 saturated carbocycles. The monoisotopic (exact) mass is 227 g/mol. The van der Waals surface area contributed by atoms with Crippen molar-refractivity contribution in [3.05, 3.63) is 71.0 Å². The Kier molecular flexibility index (Phi) is 3.17. The third-order valence-corrected chi connectivity index (χ3v) is 2.52. The molecule has 0 bridgehead atoms. The fourth-order valence-corrected chi connectivity index (χ4v) is 1.62. The summed E-state index contributed by atoms with van der Waals surface area (Å²) in [7, 11) is 0. The lowest BCUT2D eigenvalue weighted by Gasteiger charge is -2.11. The van der Waals surface area contributed by atoms with Gasteiger partial charge in [0.2, 0.25) is 0 Å². The maximum atomic E-state index is 12.7. The molecule has 17 heavy (non-hydrogen) atoms. The molecule has 2 aromatic carbocycles. The minimum Gasteiger partial charge on any atom is -0.384 e. The lowest BCUT2D eigenvalue weighted by atomic mass is 10.00. The maximum absolute atomic E-state index is 12.7. The third kappa shape index (κ3) is 2.49. The Hall–Kier alpha value is -2.18. The van der Waals surface area contributed by atoms with Crippen LogP contribution in [0.2, 0.25) is 0 Å². The summed E-state index contributed by atoms with van der Waals surface area (Å²) in [6.07, 6.45) is -0.844. The number of hydrogen-bond donors (Lipinski definition) is 1. The average molecular weight is 227 g/mol. The van der Waals surface area contributed by atoms with E-state index in [1.165, 1.54) is 24.3 Å². The molecular formula is C14H10FNO. The minimum atomic E-state index is -0.844. The van der Waals surface area contributed by atoms with E-state index in [2.05, 4.69) is 0 Å². The summed E-state index contributed by atoms with van der Waals surface area (Å²) in [4.78, 5) is 0. The van der Waals surface area contributed by atoms with Crippen LogP contribution in [0.4, 0.5) is 4.39 Å². The minimum absolute atomic E-state index is 0.341. The first kappa shape index (κ1) is 11.3. The lowest BCUT2D eigenvalue weighted by Crippen LogP contribution is -1.99. The first-order valence-corrected chi connectivity index (χ1v) is 5.14. The zero-order chi connectivity index (χ0) is 12.3. The van der Waals surface area contributed by atoms with Gasteiger partial charge in [0.25, 0.3) is 0 Å². The number of hydrogen-bond acceptors (Lipinski definition) is 2. The molecule has 0 fully saturated rings. The molecule has 1 atom stereocenters. The highest BCUT2D eigenvalue weighted by Crippen LogP contribution is 2.22. The molecule has 0 aliphatic heterocycles. The largest absolute Gasteiger partial charge is 0.384 e. The Morgan fingerprint density at radius 3 is 2.41 bits per heavy atom. The van der Waals surface area contributed by atoms with Gasteiger partial charge in [0, 0.05) is 0 Å². The second-order valence-corrected chi connectivity index (χ2v) is 3.69. The molecule has 3 heteroatoms. The van der Waals surface area contributed by atoms with Crippen LogP contribution in [0.5, 0.6) is 0 Å². The quantitative estimate of drug-likeness (QED) is 0.857. The van der Waals surface area contributed by atoms with Gasteiger partial charge in [-0.15, -0.1) is 0 Å². The predicted molar refractivity (Wildman–Crippen MR) is 61.6 cm³/mol. The summed E-state index contributed by atoms with van der Waals surface area (Å²) in [6.45, 7) is 0. The number of nitriles is 1. The fourth-order valence-electron chi connectivity index (χ4n) is 1.62. The predicted octanol–water partition coefficient (Wildman–Crippen LogP) is 2.78. The summed E-state index contributed by atoms with van der Waals surface area (Å²) in [6, 6.07) is 14.4. The Labute approximate surface area is 98.6 Å². The zero-order valence-corrected chi connectivity index (χ0v) is 8.97. The summed E-state index contributed by atoms with van der Waals surface area (Å²) in [5, 5.41) is 18.8. The van der Waals surface area contributed by atoms with Crippen LogP contribution in [0.1, 0.15) is 22.8 Å². The molecule has 84 valence electrons. The van der Waals surface area contributed by atoms with Crippen LogP contribution in [0.15, 0.2) is 48.5 Å². The zero-order valence-electron chi connectivity index (χ0n) is 8.97. The van der Waals surface area contributed by atoms with Crippen LogP contribution in [0.25, 0.3) is 0 Å². The second kappa shape index (κ2) is 4.77. The number of aliphatic hydroxyl groups is 1. The first-order valence-electron chi connectivity index (χ1n) is 5.14. The molecule has 2 rings (SSSR count). The van der Waals surface area contributed by atoms with Gasteiger partial charge in [-0.3, -0.25) is 0 Å².